The number of thioether (sulfide) groups is 1. The minimum absolute atomic E-state index is 0.0278. The van der Waals surface area contributed by atoms with Crippen molar-refractivity contribution < 1.29 is 4.79 Å². The highest BCUT2D eigenvalue weighted by Crippen LogP contribution is 2.40. The summed E-state index contributed by atoms with van der Waals surface area (Å²) in [6.45, 7) is 0.875. The van der Waals surface area contributed by atoms with Gasteiger partial charge in [0.05, 0.1) is 5.92 Å². The van der Waals surface area contributed by atoms with Gasteiger partial charge in [-0.1, -0.05) is 31.0 Å². The van der Waals surface area contributed by atoms with E-state index < -0.39 is 0 Å². The van der Waals surface area contributed by atoms with E-state index in [-0.39, 0.29) is 17.9 Å². The second kappa shape index (κ2) is 6.40. The SMILES string of the molecule is O=C(C1CSc2ccccc21)N1CCCCCC1CCl. The fourth-order valence-corrected chi connectivity index (χ4v) is 4.74. The van der Waals surface area contributed by atoms with Crippen LogP contribution in [-0.4, -0.2) is 35.0 Å². The molecule has 1 aromatic rings. The molecular formula is C16H20ClNOS. The van der Waals surface area contributed by atoms with E-state index in [1.807, 2.05) is 12.1 Å². The van der Waals surface area contributed by atoms with Crippen LogP contribution >= 0.6 is 23.4 Å². The number of hydrogen-bond acceptors (Lipinski definition) is 2. The molecule has 3 rings (SSSR count). The minimum atomic E-state index is 0.0278. The van der Waals surface area contributed by atoms with E-state index in [1.165, 1.54) is 23.3 Å². The Morgan fingerprint density at radius 1 is 1.30 bits per heavy atom. The molecule has 0 aliphatic carbocycles. The summed E-state index contributed by atoms with van der Waals surface area (Å²) in [6, 6.07) is 8.53. The van der Waals surface area contributed by atoms with Gasteiger partial charge in [-0.2, -0.15) is 0 Å². The molecule has 1 aromatic carbocycles. The maximum absolute atomic E-state index is 12.9. The van der Waals surface area contributed by atoms with Crippen LogP contribution in [0.25, 0.3) is 0 Å². The Hall–Kier alpha value is -0.670. The molecule has 0 bridgehead atoms. The van der Waals surface area contributed by atoms with Crippen molar-refractivity contribution in [2.75, 3.05) is 18.2 Å². The van der Waals surface area contributed by atoms with Crippen LogP contribution in [0.3, 0.4) is 0 Å². The number of fused-ring (bicyclic) bond motifs is 1. The number of alkyl halides is 1. The van der Waals surface area contributed by atoms with Crippen LogP contribution in [0.2, 0.25) is 0 Å². The molecule has 0 saturated carbocycles. The van der Waals surface area contributed by atoms with Gasteiger partial charge in [0.25, 0.3) is 0 Å². The van der Waals surface area contributed by atoms with Crippen molar-refractivity contribution in [2.45, 2.75) is 42.5 Å². The fourth-order valence-electron chi connectivity index (χ4n) is 3.20. The fraction of sp³-hybridized carbons (Fsp3) is 0.562. The molecule has 0 N–H and O–H groups in total. The van der Waals surface area contributed by atoms with Crippen molar-refractivity contribution in [3.05, 3.63) is 29.8 Å². The summed E-state index contributed by atoms with van der Waals surface area (Å²) in [5.74, 6) is 1.76. The normalized spacial score (nSPS) is 26.1. The van der Waals surface area contributed by atoms with Crippen molar-refractivity contribution in [2.24, 2.45) is 0 Å². The van der Waals surface area contributed by atoms with Crippen LogP contribution in [0.4, 0.5) is 0 Å². The highest BCUT2D eigenvalue weighted by atomic mass is 35.5. The molecule has 1 fully saturated rings. The number of carbonyl (C=O) groups is 1. The van der Waals surface area contributed by atoms with Gasteiger partial charge in [-0.3, -0.25) is 4.79 Å². The van der Waals surface area contributed by atoms with Crippen molar-refractivity contribution in [1.29, 1.82) is 0 Å². The lowest BCUT2D eigenvalue weighted by atomic mass is 9.99. The molecule has 20 heavy (non-hydrogen) atoms. The van der Waals surface area contributed by atoms with Crippen molar-refractivity contribution in [3.63, 3.8) is 0 Å². The Bertz CT molecular complexity index is 493. The third-order valence-corrected chi connectivity index (χ3v) is 5.88. The van der Waals surface area contributed by atoms with Gasteiger partial charge in [0.15, 0.2) is 0 Å². The number of nitrogens with zero attached hydrogens (tertiary/aromatic N) is 1. The van der Waals surface area contributed by atoms with Gasteiger partial charge in [0.2, 0.25) is 5.91 Å². The van der Waals surface area contributed by atoms with E-state index in [9.17, 15) is 4.79 Å². The van der Waals surface area contributed by atoms with Gasteiger partial charge in [-0.15, -0.1) is 23.4 Å². The van der Waals surface area contributed by atoms with Gasteiger partial charge in [-0.05, 0) is 24.5 Å². The zero-order valence-corrected chi connectivity index (χ0v) is 13.1. The summed E-state index contributed by atoms with van der Waals surface area (Å²) < 4.78 is 0. The largest absolute Gasteiger partial charge is 0.338 e. The smallest absolute Gasteiger partial charge is 0.231 e. The topological polar surface area (TPSA) is 20.3 Å². The van der Waals surface area contributed by atoms with Crippen LogP contribution in [-0.2, 0) is 4.79 Å². The first kappa shape index (κ1) is 14.3. The molecule has 2 nitrogen and oxygen atoms in total. The zero-order valence-electron chi connectivity index (χ0n) is 11.6. The van der Waals surface area contributed by atoms with Gasteiger partial charge >= 0.3 is 0 Å². The van der Waals surface area contributed by atoms with E-state index in [0.717, 1.165) is 25.1 Å². The molecule has 2 heterocycles. The summed E-state index contributed by atoms with van der Waals surface area (Å²) in [7, 11) is 0. The average molecular weight is 310 g/mol. The Morgan fingerprint density at radius 2 is 2.15 bits per heavy atom. The maximum atomic E-state index is 12.9. The van der Waals surface area contributed by atoms with E-state index in [0.29, 0.717) is 5.88 Å². The van der Waals surface area contributed by atoms with Gasteiger partial charge in [-0.25, -0.2) is 0 Å². The van der Waals surface area contributed by atoms with Gasteiger partial charge < -0.3 is 4.90 Å². The lowest BCUT2D eigenvalue weighted by Crippen LogP contribution is -2.43. The van der Waals surface area contributed by atoms with Gasteiger partial charge in [0.1, 0.15) is 0 Å². The summed E-state index contributed by atoms with van der Waals surface area (Å²) >= 11 is 7.90. The molecule has 0 radical (unpaired) electrons. The predicted octanol–water partition coefficient (Wildman–Crippen LogP) is 3.89. The number of rotatable bonds is 2. The molecule has 4 heteroatoms. The number of benzene rings is 1. The number of likely N-dealkylation sites (tertiary alicyclic amines) is 1. The quantitative estimate of drug-likeness (QED) is 0.773. The first-order valence-electron chi connectivity index (χ1n) is 7.39. The number of halogens is 1. The molecule has 1 amide bonds. The molecule has 2 aliphatic rings. The van der Waals surface area contributed by atoms with E-state index >= 15 is 0 Å². The molecular weight excluding hydrogens is 290 g/mol. The Labute approximate surface area is 129 Å². The second-order valence-electron chi connectivity index (χ2n) is 5.59. The molecule has 108 valence electrons. The van der Waals surface area contributed by atoms with Crippen LogP contribution in [0.5, 0.6) is 0 Å². The van der Waals surface area contributed by atoms with Crippen LogP contribution in [0.1, 0.15) is 37.2 Å². The predicted molar refractivity (Wildman–Crippen MR) is 84.6 cm³/mol. The highest BCUT2D eigenvalue weighted by Gasteiger charge is 2.35. The summed E-state index contributed by atoms with van der Waals surface area (Å²) in [6.07, 6.45) is 4.57. The molecule has 0 spiro atoms. The number of hydrogen-bond donors (Lipinski definition) is 0. The van der Waals surface area contributed by atoms with Crippen LogP contribution < -0.4 is 0 Å². The zero-order chi connectivity index (χ0) is 13.9. The van der Waals surface area contributed by atoms with E-state index in [2.05, 4.69) is 17.0 Å². The summed E-state index contributed by atoms with van der Waals surface area (Å²) in [5, 5.41) is 0. The van der Waals surface area contributed by atoms with Crippen molar-refractivity contribution in [3.8, 4) is 0 Å². The second-order valence-corrected chi connectivity index (χ2v) is 6.96. The lowest BCUT2D eigenvalue weighted by Gasteiger charge is -2.31. The third-order valence-electron chi connectivity index (χ3n) is 4.34. The van der Waals surface area contributed by atoms with Crippen LogP contribution in [0, 0.1) is 0 Å². The average Bonchev–Trinajstić information content (AvgIpc) is 2.76. The highest BCUT2D eigenvalue weighted by molar-refractivity contribution is 7.99. The summed E-state index contributed by atoms with van der Waals surface area (Å²) in [5.41, 5.74) is 1.21. The monoisotopic (exact) mass is 309 g/mol. The third kappa shape index (κ3) is 2.71. The maximum Gasteiger partial charge on any atom is 0.231 e. The molecule has 2 unspecified atom stereocenters. The molecule has 2 atom stereocenters. The molecule has 1 saturated heterocycles. The van der Waals surface area contributed by atoms with E-state index in [4.69, 9.17) is 11.6 Å². The number of carbonyl (C=O) groups excluding carboxylic acids is 1. The lowest BCUT2D eigenvalue weighted by molar-refractivity contribution is -0.134. The Morgan fingerprint density at radius 3 is 3.00 bits per heavy atom. The first-order valence-corrected chi connectivity index (χ1v) is 8.91. The summed E-state index contributed by atoms with van der Waals surface area (Å²) in [4.78, 5) is 16.3. The van der Waals surface area contributed by atoms with E-state index in [1.54, 1.807) is 11.8 Å². The Balaban J connectivity index is 1.81. The Kier molecular flexibility index (Phi) is 4.57. The molecule has 0 aromatic heterocycles. The molecule has 2 aliphatic heterocycles. The van der Waals surface area contributed by atoms with Crippen molar-refractivity contribution in [1.82, 2.24) is 4.90 Å². The minimum Gasteiger partial charge on any atom is -0.338 e. The standard InChI is InChI=1S/C16H20ClNOS/c17-10-12-6-2-1-5-9-18(12)16(19)14-11-20-15-8-4-3-7-13(14)15/h3-4,7-8,12,14H,1-2,5-6,9-11H2. The van der Waals surface area contributed by atoms with Gasteiger partial charge in [0, 0.05) is 29.1 Å². The van der Waals surface area contributed by atoms with Crippen molar-refractivity contribution >= 4 is 29.3 Å². The first-order chi connectivity index (χ1) is 9.81. The van der Waals surface area contributed by atoms with Crippen LogP contribution in [0.15, 0.2) is 29.2 Å². The number of amides is 1.